The third-order valence-electron chi connectivity index (χ3n) is 4.36. The van der Waals surface area contributed by atoms with Crippen molar-refractivity contribution >= 4 is 5.91 Å². The summed E-state index contributed by atoms with van der Waals surface area (Å²) in [5.74, 6) is 1.20. The normalized spacial score (nSPS) is 17.4. The van der Waals surface area contributed by atoms with Gasteiger partial charge in [-0.05, 0) is 38.0 Å². The lowest BCUT2D eigenvalue weighted by atomic mass is 9.86. The molecule has 0 heterocycles. The van der Waals surface area contributed by atoms with Crippen molar-refractivity contribution in [1.82, 2.24) is 5.32 Å². The first-order chi connectivity index (χ1) is 10.6. The Kier molecular flexibility index (Phi) is 4.92. The van der Waals surface area contributed by atoms with E-state index in [9.17, 15) is 10.1 Å². The van der Waals surface area contributed by atoms with Crippen LogP contribution in [0.4, 0.5) is 0 Å². The molecule has 1 aliphatic rings. The molecule has 2 rings (SSSR count). The number of benzene rings is 1. The van der Waals surface area contributed by atoms with E-state index in [1.165, 1.54) is 0 Å². The molecular formula is C17H22N2O3. The minimum Gasteiger partial charge on any atom is -0.497 e. The molecule has 1 atom stereocenters. The van der Waals surface area contributed by atoms with E-state index in [-0.39, 0.29) is 11.9 Å². The van der Waals surface area contributed by atoms with Gasteiger partial charge in [-0.2, -0.15) is 5.26 Å². The second kappa shape index (κ2) is 6.69. The van der Waals surface area contributed by atoms with Crippen molar-refractivity contribution in [3.8, 4) is 17.6 Å². The molecule has 0 saturated heterocycles. The topological polar surface area (TPSA) is 71.3 Å². The molecular weight excluding hydrogens is 280 g/mol. The van der Waals surface area contributed by atoms with Gasteiger partial charge in [-0.25, -0.2) is 0 Å². The van der Waals surface area contributed by atoms with Crippen molar-refractivity contribution in [1.29, 1.82) is 5.26 Å². The first-order valence-electron chi connectivity index (χ1n) is 7.50. The van der Waals surface area contributed by atoms with Crippen molar-refractivity contribution in [2.75, 3.05) is 14.2 Å². The predicted molar refractivity (Wildman–Crippen MR) is 82.6 cm³/mol. The SMILES string of the molecule is COc1ccc(OC)c(C(C)NC(=O)C2(C#N)CCCC2)c1. The Labute approximate surface area is 131 Å². The Bertz CT molecular complexity index is 586. The number of carbonyl (C=O) groups excluding carboxylic acids is 1. The van der Waals surface area contributed by atoms with E-state index >= 15 is 0 Å². The molecule has 1 unspecified atom stereocenters. The van der Waals surface area contributed by atoms with Crippen LogP contribution in [-0.4, -0.2) is 20.1 Å². The number of hydrogen-bond acceptors (Lipinski definition) is 4. The van der Waals surface area contributed by atoms with Crippen LogP contribution in [0.1, 0.15) is 44.2 Å². The molecule has 0 aromatic heterocycles. The summed E-state index contributed by atoms with van der Waals surface area (Å²) in [5.41, 5.74) is -0.0401. The number of rotatable bonds is 5. The average molecular weight is 302 g/mol. The van der Waals surface area contributed by atoms with Gasteiger partial charge in [0.15, 0.2) is 0 Å². The summed E-state index contributed by atoms with van der Waals surface area (Å²) in [6.45, 7) is 1.88. The lowest BCUT2D eigenvalue weighted by Crippen LogP contribution is -2.39. The molecule has 0 bridgehead atoms. The van der Waals surface area contributed by atoms with Gasteiger partial charge in [-0.15, -0.1) is 0 Å². The van der Waals surface area contributed by atoms with Gasteiger partial charge in [-0.3, -0.25) is 4.79 Å². The fourth-order valence-electron chi connectivity index (χ4n) is 2.96. The first-order valence-corrected chi connectivity index (χ1v) is 7.50. The van der Waals surface area contributed by atoms with Gasteiger partial charge in [0.2, 0.25) is 5.91 Å². The number of methoxy groups -OCH3 is 2. The largest absolute Gasteiger partial charge is 0.497 e. The Hall–Kier alpha value is -2.22. The molecule has 1 aromatic carbocycles. The Morgan fingerprint density at radius 2 is 2.00 bits per heavy atom. The standard InChI is InChI=1S/C17H22N2O3/c1-12(14-10-13(21-2)6-7-15(14)22-3)19-16(20)17(11-18)8-4-5-9-17/h6-7,10,12H,4-5,8-9H2,1-3H3,(H,19,20). The number of nitrogens with zero attached hydrogens (tertiary/aromatic N) is 1. The molecule has 0 radical (unpaired) electrons. The van der Waals surface area contributed by atoms with Gasteiger partial charge in [0.25, 0.3) is 0 Å². The van der Waals surface area contributed by atoms with E-state index in [1.54, 1.807) is 14.2 Å². The van der Waals surface area contributed by atoms with Crippen LogP contribution >= 0.6 is 0 Å². The van der Waals surface area contributed by atoms with Crippen LogP contribution in [-0.2, 0) is 4.79 Å². The lowest BCUT2D eigenvalue weighted by Gasteiger charge is -2.24. The van der Waals surface area contributed by atoms with Crippen LogP contribution in [0.15, 0.2) is 18.2 Å². The maximum Gasteiger partial charge on any atom is 0.240 e. The molecule has 1 saturated carbocycles. The number of ether oxygens (including phenoxy) is 2. The second-order valence-corrected chi connectivity index (χ2v) is 5.70. The number of nitrogens with one attached hydrogen (secondary N) is 1. The quantitative estimate of drug-likeness (QED) is 0.907. The first kappa shape index (κ1) is 16.2. The van der Waals surface area contributed by atoms with Gasteiger partial charge in [0, 0.05) is 5.56 Å². The van der Waals surface area contributed by atoms with E-state index in [0.29, 0.717) is 24.3 Å². The molecule has 1 fully saturated rings. The molecule has 5 heteroatoms. The van der Waals surface area contributed by atoms with Crippen LogP contribution in [0.25, 0.3) is 0 Å². The number of amides is 1. The van der Waals surface area contributed by atoms with Gasteiger partial charge >= 0.3 is 0 Å². The fourth-order valence-corrected chi connectivity index (χ4v) is 2.96. The Morgan fingerprint density at radius 3 is 2.55 bits per heavy atom. The minimum atomic E-state index is -0.875. The minimum absolute atomic E-state index is 0.190. The summed E-state index contributed by atoms with van der Waals surface area (Å²) < 4.78 is 10.6. The molecule has 0 aliphatic heterocycles. The molecule has 118 valence electrons. The van der Waals surface area contributed by atoms with E-state index in [0.717, 1.165) is 18.4 Å². The smallest absolute Gasteiger partial charge is 0.240 e. The zero-order chi connectivity index (χ0) is 16.2. The number of nitriles is 1. The second-order valence-electron chi connectivity index (χ2n) is 5.70. The summed E-state index contributed by atoms with van der Waals surface area (Å²) in [6, 6.07) is 7.42. The fraction of sp³-hybridized carbons (Fsp3) is 0.529. The van der Waals surface area contributed by atoms with Gasteiger partial charge in [0.05, 0.1) is 26.3 Å². The van der Waals surface area contributed by atoms with Gasteiger partial charge in [-0.1, -0.05) is 12.8 Å². The van der Waals surface area contributed by atoms with E-state index in [4.69, 9.17) is 9.47 Å². The molecule has 22 heavy (non-hydrogen) atoms. The summed E-state index contributed by atoms with van der Waals surface area (Å²) in [4.78, 5) is 12.5. The van der Waals surface area contributed by atoms with Gasteiger partial charge in [0.1, 0.15) is 16.9 Å². The van der Waals surface area contributed by atoms with Crippen LogP contribution in [0, 0.1) is 16.7 Å². The average Bonchev–Trinajstić information content (AvgIpc) is 3.04. The predicted octanol–water partition coefficient (Wildman–Crippen LogP) is 2.96. The van der Waals surface area contributed by atoms with Crippen LogP contribution in [0.5, 0.6) is 11.5 Å². The van der Waals surface area contributed by atoms with Crippen LogP contribution in [0.3, 0.4) is 0 Å². The zero-order valence-corrected chi connectivity index (χ0v) is 13.3. The van der Waals surface area contributed by atoms with E-state index in [2.05, 4.69) is 11.4 Å². The molecule has 1 N–H and O–H groups in total. The highest BCUT2D eigenvalue weighted by atomic mass is 16.5. The third-order valence-corrected chi connectivity index (χ3v) is 4.36. The van der Waals surface area contributed by atoms with Crippen molar-refractivity contribution < 1.29 is 14.3 Å². The van der Waals surface area contributed by atoms with Crippen molar-refractivity contribution in [3.63, 3.8) is 0 Å². The summed E-state index contributed by atoms with van der Waals surface area (Å²) in [5, 5.41) is 12.4. The Balaban J connectivity index is 2.20. The van der Waals surface area contributed by atoms with Crippen LogP contribution < -0.4 is 14.8 Å². The highest BCUT2D eigenvalue weighted by molar-refractivity contribution is 5.86. The zero-order valence-electron chi connectivity index (χ0n) is 13.3. The number of carbonyl (C=O) groups is 1. The molecule has 0 spiro atoms. The highest BCUT2D eigenvalue weighted by Crippen LogP contribution is 2.38. The Morgan fingerprint density at radius 1 is 1.32 bits per heavy atom. The van der Waals surface area contributed by atoms with Gasteiger partial charge < -0.3 is 14.8 Å². The van der Waals surface area contributed by atoms with Crippen molar-refractivity contribution in [2.45, 2.75) is 38.6 Å². The molecule has 1 aliphatic carbocycles. The summed E-state index contributed by atoms with van der Waals surface area (Å²) in [7, 11) is 3.19. The van der Waals surface area contributed by atoms with Crippen molar-refractivity contribution in [2.24, 2.45) is 5.41 Å². The lowest BCUT2D eigenvalue weighted by molar-refractivity contribution is -0.128. The monoisotopic (exact) mass is 302 g/mol. The molecule has 1 amide bonds. The summed E-state index contributed by atoms with van der Waals surface area (Å²) >= 11 is 0. The van der Waals surface area contributed by atoms with E-state index in [1.807, 2.05) is 25.1 Å². The maximum atomic E-state index is 12.5. The van der Waals surface area contributed by atoms with E-state index < -0.39 is 5.41 Å². The van der Waals surface area contributed by atoms with Crippen molar-refractivity contribution in [3.05, 3.63) is 23.8 Å². The molecule has 5 nitrogen and oxygen atoms in total. The maximum absolute atomic E-state index is 12.5. The number of hydrogen-bond donors (Lipinski definition) is 1. The summed E-state index contributed by atoms with van der Waals surface area (Å²) in [6.07, 6.45) is 3.13. The highest BCUT2D eigenvalue weighted by Gasteiger charge is 2.42. The molecule has 1 aromatic rings. The van der Waals surface area contributed by atoms with Crippen LogP contribution in [0.2, 0.25) is 0 Å². The third kappa shape index (κ3) is 3.01.